The van der Waals surface area contributed by atoms with E-state index >= 15 is 0 Å². The van der Waals surface area contributed by atoms with E-state index in [0.29, 0.717) is 22.2 Å². The fraction of sp³-hybridized carbons (Fsp3) is 0.348. The van der Waals surface area contributed by atoms with Gasteiger partial charge in [0.2, 0.25) is 0 Å². The van der Waals surface area contributed by atoms with Crippen LogP contribution in [0, 0.1) is 0 Å². The lowest BCUT2D eigenvalue weighted by atomic mass is 9.98. The molecule has 2 heterocycles. The summed E-state index contributed by atoms with van der Waals surface area (Å²) in [5, 5.41) is 0.801. The third-order valence-corrected chi connectivity index (χ3v) is 6.53. The monoisotopic (exact) mass is 490 g/mol. The van der Waals surface area contributed by atoms with E-state index in [2.05, 4.69) is 0 Å². The average molecular weight is 491 g/mol. The quantitative estimate of drug-likeness (QED) is 0.508. The summed E-state index contributed by atoms with van der Waals surface area (Å²) in [7, 11) is 0. The summed E-state index contributed by atoms with van der Waals surface area (Å²) in [5.41, 5.74) is -0.863. The minimum absolute atomic E-state index is 0.128. The Morgan fingerprint density at radius 2 is 1.58 bits per heavy atom. The van der Waals surface area contributed by atoms with Gasteiger partial charge < -0.3 is 9.42 Å². The van der Waals surface area contributed by atoms with E-state index < -0.39 is 23.2 Å². The highest BCUT2D eigenvalue weighted by Crippen LogP contribution is 2.44. The van der Waals surface area contributed by atoms with Crippen molar-refractivity contribution in [1.29, 1.82) is 0 Å². The Morgan fingerprint density at radius 3 is 2.15 bits per heavy atom. The fourth-order valence-electron chi connectivity index (χ4n) is 4.44. The van der Waals surface area contributed by atoms with Crippen LogP contribution in [-0.4, -0.2) is 31.8 Å². The molecule has 1 fully saturated rings. The Labute approximate surface area is 200 Å². The lowest BCUT2D eigenvalue weighted by Crippen LogP contribution is -2.50. The summed E-state index contributed by atoms with van der Waals surface area (Å²) in [5.74, 6) is -0.876. The maximum Gasteiger partial charge on any atom is 0.447 e. The van der Waals surface area contributed by atoms with Crippen molar-refractivity contribution in [1.82, 2.24) is 14.2 Å². The van der Waals surface area contributed by atoms with Gasteiger partial charge in [-0.3, -0.25) is 4.90 Å². The molecule has 2 amide bonds. The van der Waals surface area contributed by atoms with Crippen LogP contribution in [0.3, 0.4) is 0 Å². The van der Waals surface area contributed by atoms with Crippen LogP contribution in [0.25, 0.3) is 5.69 Å². The van der Waals surface area contributed by atoms with E-state index in [4.69, 9.17) is 27.7 Å². The summed E-state index contributed by atoms with van der Waals surface area (Å²) in [4.78, 5) is 43.1. The number of anilines is 1. The van der Waals surface area contributed by atoms with Gasteiger partial charge >= 0.3 is 17.5 Å². The highest BCUT2D eigenvalue weighted by molar-refractivity contribution is 6.31. The topological polar surface area (TPSA) is 80.7 Å². The molecule has 1 aliphatic heterocycles. The number of hydrogen-bond donors (Lipinski definition) is 0. The number of carbonyl (C=O) groups excluding carboxylic acids is 1. The van der Waals surface area contributed by atoms with Gasteiger partial charge in [0.25, 0.3) is 0 Å². The molecule has 4 rings (SSSR count). The third kappa shape index (κ3) is 3.77. The van der Waals surface area contributed by atoms with Gasteiger partial charge in [-0.05, 0) is 63.6 Å². The number of amides is 2. The highest BCUT2D eigenvalue weighted by atomic mass is 35.5. The number of nitrogens with zero attached hydrogens (tertiary/aromatic N) is 4. The standard InChI is InChI=1S/C23H24Cl2N4O4/c1-5-14(2)28-20(30)26(17-10-6-8-15(24)12-17)19(23(28,3)4)29-21(31)27(22(32)33-29)18-11-7-9-16(25)13-18/h6-14,19H,5H2,1-4H3. The van der Waals surface area contributed by atoms with Crippen molar-refractivity contribution in [2.75, 3.05) is 4.90 Å². The molecule has 2 aromatic carbocycles. The molecule has 2 atom stereocenters. The Morgan fingerprint density at radius 1 is 1.00 bits per heavy atom. The van der Waals surface area contributed by atoms with Gasteiger partial charge in [0, 0.05) is 21.8 Å². The molecule has 1 aromatic heterocycles. The van der Waals surface area contributed by atoms with Crippen LogP contribution in [0.15, 0.2) is 62.6 Å². The summed E-state index contributed by atoms with van der Waals surface area (Å²) < 4.78 is 7.33. The first-order chi connectivity index (χ1) is 15.6. The molecule has 33 heavy (non-hydrogen) atoms. The maximum absolute atomic E-state index is 13.7. The van der Waals surface area contributed by atoms with Crippen molar-refractivity contribution < 1.29 is 9.32 Å². The normalized spacial score (nSPS) is 18.7. The smallest absolute Gasteiger partial charge is 0.314 e. The van der Waals surface area contributed by atoms with Crippen LogP contribution >= 0.6 is 23.2 Å². The van der Waals surface area contributed by atoms with E-state index in [9.17, 15) is 14.4 Å². The molecule has 2 unspecified atom stereocenters. The van der Waals surface area contributed by atoms with Gasteiger partial charge in [-0.2, -0.15) is 4.57 Å². The second-order valence-electron chi connectivity index (χ2n) is 8.57. The van der Waals surface area contributed by atoms with Crippen molar-refractivity contribution in [3.63, 3.8) is 0 Å². The fourth-order valence-corrected chi connectivity index (χ4v) is 4.81. The van der Waals surface area contributed by atoms with Crippen LogP contribution in [0.1, 0.15) is 40.3 Å². The second kappa shape index (κ2) is 8.43. The molecule has 1 saturated heterocycles. The first kappa shape index (κ1) is 23.2. The molecule has 174 valence electrons. The predicted octanol–water partition coefficient (Wildman–Crippen LogP) is 4.92. The SMILES string of the molecule is CCC(C)N1C(=O)N(c2cccc(Cl)c2)C(n2oc(=O)n(-c3cccc(Cl)c3)c2=O)C1(C)C. The number of urea groups is 1. The third-order valence-electron chi connectivity index (χ3n) is 6.05. The first-order valence-corrected chi connectivity index (χ1v) is 11.3. The molecule has 0 aliphatic carbocycles. The van der Waals surface area contributed by atoms with E-state index in [1.54, 1.807) is 47.4 Å². The molecule has 0 spiro atoms. The zero-order chi connectivity index (χ0) is 24.1. The van der Waals surface area contributed by atoms with E-state index in [1.807, 2.05) is 27.7 Å². The van der Waals surface area contributed by atoms with Gasteiger partial charge in [-0.15, -0.1) is 4.74 Å². The number of halogens is 2. The summed E-state index contributed by atoms with van der Waals surface area (Å²) in [6.45, 7) is 7.60. The molecule has 0 radical (unpaired) electrons. The Kier molecular flexibility index (Phi) is 5.92. The van der Waals surface area contributed by atoms with Crippen LogP contribution < -0.4 is 16.3 Å². The maximum atomic E-state index is 13.7. The molecule has 10 heteroatoms. The summed E-state index contributed by atoms with van der Waals surface area (Å²) in [6, 6.07) is 12.7. The lowest BCUT2D eigenvalue weighted by molar-refractivity contribution is 0.0756. The summed E-state index contributed by atoms with van der Waals surface area (Å²) >= 11 is 12.3. The van der Waals surface area contributed by atoms with Gasteiger partial charge in [-0.25, -0.2) is 14.4 Å². The van der Waals surface area contributed by atoms with E-state index in [1.165, 1.54) is 11.0 Å². The minimum atomic E-state index is -0.946. The Bertz CT molecular complexity index is 1330. The average Bonchev–Trinajstić information content (AvgIpc) is 3.15. The van der Waals surface area contributed by atoms with E-state index in [-0.39, 0.29) is 17.8 Å². The van der Waals surface area contributed by atoms with Crippen molar-refractivity contribution in [3.05, 3.63) is 79.6 Å². The molecule has 1 aliphatic rings. The Balaban J connectivity index is 1.95. The second-order valence-corrected chi connectivity index (χ2v) is 9.44. The minimum Gasteiger partial charge on any atom is -0.314 e. The zero-order valence-corrected chi connectivity index (χ0v) is 20.2. The van der Waals surface area contributed by atoms with Crippen LogP contribution in [0.2, 0.25) is 10.0 Å². The predicted molar refractivity (Wildman–Crippen MR) is 128 cm³/mol. The van der Waals surface area contributed by atoms with Crippen molar-refractivity contribution in [3.8, 4) is 5.69 Å². The zero-order valence-electron chi connectivity index (χ0n) is 18.7. The van der Waals surface area contributed by atoms with Gasteiger partial charge in [-0.1, -0.05) is 42.3 Å². The van der Waals surface area contributed by atoms with Gasteiger partial charge in [0.15, 0.2) is 6.17 Å². The molecule has 0 N–H and O–H groups in total. The Hall–Kier alpha value is -2.97. The summed E-state index contributed by atoms with van der Waals surface area (Å²) in [6.07, 6.45) is -0.244. The molecule has 0 saturated carbocycles. The molecule has 0 bridgehead atoms. The largest absolute Gasteiger partial charge is 0.447 e. The first-order valence-electron chi connectivity index (χ1n) is 10.6. The van der Waals surface area contributed by atoms with Crippen LogP contribution in [0.5, 0.6) is 0 Å². The number of benzene rings is 2. The molecular formula is C23H24Cl2N4O4. The molecule has 8 nitrogen and oxygen atoms in total. The van der Waals surface area contributed by atoms with Gasteiger partial charge in [0.1, 0.15) is 0 Å². The number of hydrogen-bond acceptors (Lipinski definition) is 4. The highest BCUT2D eigenvalue weighted by Gasteiger charge is 2.56. The van der Waals surface area contributed by atoms with Crippen LogP contribution in [0.4, 0.5) is 10.5 Å². The van der Waals surface area contributed by atoms with Gasteiger partial charge in [0.05, 0.1) is 11.2 Å². The number of rotatable bonds is 5. The van der Waals surface area contributed by atoms with Crippen LogP contribution in [-0.2, 0) is 0 Å². The number of carbonyl (C=O) groups is 1. The number of aromatic nitrogens is 2. The molecule has 3 aromatic rings. The van der Waals surface area contributed by atoms with E-state index in [0.717, 1.165) is 9.31 Å². The van der Waals surface area contributed by atoms with Crippen molar-refractivity contribution >= 4 is 34.9 Å². The van der Waals surface area contributed by atoms with Crippen molar-refractivity contribution in [2.24, 2.45) is 0 Å². The van der Waals surface area contributed by atoms with Crippen molar-refractivity contribution in [2.45, 2.75) is 51.9 Å². The lowest BCUT2D eigenvalue weighted by Gasteiger charge is -2.37. The molecular weight excluding hydrogens is 467 g/mol.